The van der Waals surface area contributed by atoms with E-state index in [1.807, 2.05) is 0 Å². The summed E-state index contributed by atoms with van der Waals surface area (Å²) < 4.78 is 0. The summed E-state index contributed by atoms with van der Waals surface area (Å²) in [5, 5.41) is 20.5. The van der Waals surface area contributed by atoms with Crippen LogP contribution >= 0.6 is 22.9 Å². The van der Waals surface area contributed by atoms with Crippen LogP contribution in [0.5, 0.6) is 0 Å². The molecule has 0 radical (unpaired) electrons. The number of benzene rings is 1. The van der Waals surface area contributed by atoms with E-state index in [1.54, 1.807) is 31.2 Å². The largest absolute Gasteiger partial charge is 0.480 e. The Balaban J connectivity index is 2.20. The highest BCUT2D eigenvalue weighted by Gasteiger charge is 2.20. The standard InChI is InChI=1S/C12H11ClN4O3S/c1-7-15-16-11(21-7)14-12(20)17(6-10(18)19)9-4-2-8(13)3-5-9/h2-5H,6H2,1H3,(H,18,19)(H,14,16,20). The Hall–Kier alpha value is -2.19. The Labute approximate surface area is 129 Å². The molecule has 2 N–H and O–H groups in total. The van der Waals surface area contributed by atoms with E-state index in [1.165, 1.54) is 11.3 Å². The number of nitrogens with zero attached hydrogens (tertiary/aromatic N) is 3. The van der Waals surface area contributed by atoms with Crippen molar-refractivity contribution in [2.45, 2.75) is 6.92 Å². The van der Waals surface area contributed by atoms with Crippen molar-refractivity contribution in [2.24, 2.45) is 0 Å². The molecular weight excluding hydrogens is 316 g/mol. The van der Waals surface area contributed by atoms with Gasteiger partial charge in [-0.1, -0.05) is 22.9 Å². The second-order valence-electron chi connectivity index (χ2n) is 4.01. The number of carboxylic acids is 1. The molecular formula is C12H11ClN4O3S. The lowest BCUT2D eigenvalue weighted by atomic mass is 10.3. The van der Waals surface area contributed by atoms with E-state index in [9.17, 15) is 9.59 Å². The number of halogens is 1. The fourth-order valence-electron chi connectivity index (χ4n) is 1.54. The van der Waals surface area contributed by atoms with Gasteiger partial charge in [0.15, 0.2) is 0 Å². The molecule has 21 heavy (non-hydrogen) atoms. The lowest BCUT2D eigenvalue weighted by Gasteiger charge is -2.20. The van der Waals surface area contributed by atoms with E-state index in [0.717, 1.165) is 4.90 Å². The van der Waals surface area contributed by atoms with E-state index in [4.69, 9.17) is 16.7 Å². The van der Waals surface area contributed by atoms with Crippen molar-refractivity contribution in [3.63, 3.8) is 0 Å². The molecule has 7 nitrogen and oxygen atoms in total. The third-order valence-electron chi connectivity index (χ3n) is 2.42. The molecule has 1 aromatic heterocycles. The summed E-state index contributed by atoms with van der Waals surface area (Å²) >= 11 is 6.98. The van der Waals surface area contributed by atoms with Gasteiger partial charge in [-0.25, -0.2) is 4.79 Å². The molecule has 0 fully saturated rings. The van der Waals surface area contributed by atoms with E-state index in [-0.39, 0.29) is 0 Å². The summed E-state index contributed by atoms with van der Waals surface area (Å²) in [4.78, 5) is 24.2. The van der Waals surface area contributed by atoms with Gasteiger partial charge in [-0.15, -0.1) is 10.2 Å². The molecule has 0 atom stereocenters. The maximum absolute atomic E-state index is 12.2. The number of carbonyl (C=O) groups excluding carboxylic acids is 1. The Morgan fingerprint density at radius 2 is 2.00 bits per heavy atom. The zero-order valence-electron chi connectivity index (χ0n) is 10.9. The third kappa shape index (κ3) is 4.14. The van der Waals surface area contributed by atoms with Crippen LogP contribution in [0.3, 0.4) is 0 Å². The zero-order valence-corrected chi connectivity index (χ0v) is 12.5. The molecule has 0 aliphatic carbocycles. The number of anilines is 2. The van der Waals surface area contributed by atoms with Crippen LogP contribution in [0.2, 0.25) is 5.02 Å². The number of aliphatic carboxylic acids is 1. The molecule has 0 saturated heterocycles. The SMILES string of the molecule is Cc1nnc(NC(=O)N(CC(=O)O)c2ccc(Cl)cc2)s1. The number of hydrogen-bond acceptors (Lipinski definition) is 5. The summed E-state index contributed by atoms with van der Waals surface area (Å²) in [6.07, 6.45) is 0. The topological polar surface area (TPSA) is 95.4 Å². The molecule has 9 heteroatoms. The fourth-order valence-corrected chi connectivity index (χ4v) is 2.25. The summed E-state index contributed by atoms with van der Waals surface area (Å²) in [7, 11) is 0. The Morgan fingerprint density at radius 3 is 2.52 bits per heavy atom. The highest BCUT2D eigenvalue weighted by atomic mass is 35.5. The van der Waals surface area contributed by atoms with Crippen molar-refractivity contribution < 1.29 is 14.7 Å². The molecule has 0 unspecified atom stereocenters. The number of urea groups is 1. The quantitative estimate of drug-likeness (QED) is 0.900. The van der Waals surface area contributed by atoms with Gasteiger partial charge < -0.3 is 5.11 Å². The van der Waals surface area contributed by atoms with Crippen molar-refractivity contribution in [1.82, 2.24) is 10.2 Å². The van der Waals surface area contributed by atoms with Crippen LogP contribution in [0.25, 0.3) is 0 Å². The Bertz CT molecular complexity index is 659. The van der Waals surface area contributed by atoms with Crippen molar-refractivity contribution >= 4 is 45.8 Å². The first-order valence-electron chi connectivity index (χ1n) is 5.81. The summed E-state index contributed by atoms with van der Waals surface area (Å²) in [5.74, 6) is -1.13. The second-order valence-corrected chi connectivity index (χ2v) is 5.63. The van der Waals surface area contributed by atoms with Gasteiger partial charge in [-0.05, 0) is 31.2 Å². The van der Waals surface area contributed by atoms with E-state index in [2.05, 4.69) is 15.5 Å². The number of carbonyl (C=O) groups is 2. The zero-order chi connectivity index (χ0) is 15.4. The van der Waals surface area contributed by atoms with Crippen molar-refractivity contribution in [2.75, 3.05) is 16.8 Å². The predicted octanol–water partition coefficient (Wildman–Crippen LogP) is 2.62. The van der Waals surface area contributed by atoms with Gasteiger partial charge in [0.2, 0.25) is 5.13 Å². The highest BCUT2D eigenvalue weighted by molar-refractivity contribution is 7.15. The van der Waals surface area contributed by atoms with Crippen LogP contribution in [0.4, 0.5) is 15.6 Å². The number of aromatic nitrogens is 2. The summed E-state index contributed by atoms with van der Waals surface area (Å²) in [6, 6.07) is 5.69. The minimum atomic E-state index is -1.13. The van der Waals surface area contributed by atoms with Crippen LogP contribution in [0.15, 0.2) is 24.3 Å². The molecule has 0 bridgehead atoms. The fraction of sp³-hybridized carbons (Fsp3) is 0.167. The monoisotopic (exact) mass is 326 g/mol. The number of amides is 2. The maximum atomic E-state index is 12.2. The smallest absolute Gasteiger partial charge is 0.328 e. The number of aryl methyl sites for hydroxylation is 1. The Kier molecular flexibility index (Phi) is 4.71. The number of nitrogens with one attached hydrogen (secondary N) is 1. The Morgan fingerprint density at radius 1 is 1.33 bits per heavy atom. The lowest BCUT2D eigenvalue weighted by Crippen LogP contribution is -2.38. The number of hydrogen-bond donors (Lipinski definition) is 2. The number of rotatable bonds is 4. The first-order valence-corrected chi connectivity index (χ1v) is 7.01. The van der Waals surface area contributed by atoms with Gasteiger partial charge in [0, 0.05) is 10.7 Å². The average Bonchev–Trinajstić information content (AvgIpc) is 2.82. The molecule has 0 aliphatic rings. The van der Waals surface area contributed by atoms with E-state index in [0.29, 0.717) is 20.8 Å². The van der Waals surface area contributed by atoms with Gasteiger partial charge in [-0.3, -0.25) is 15.0 Å². The van der Waals surface area contributed by atoms with Gasteiger partial charge in [0.25, 0.3) is 0 Å². The third-order valence-corrected chi connectivity index (χ3v) is 3.42. The van der Waals surface area contributed by atoms with Crippen LogP contribution in [0, 0.1) is 6.92 Å². The van der Waals surface area contributed by atoms with Gasteiger partial charge in [-0.2, -0.15) is 0 Å². The predicted molar refractivity (Wildman–Crippen MR) is 80.1 cm³/mol. The first kappa shape index (κ1) is 15.2. The summed E-state index contributed by atoms with van der Waals surface area (Å²) in [5.41, 5.74) is 0.417. The van der Waals surface area contributed by atoms with Gasteiger partial charge in [0.05, 0.1) is 0 Å². The molecule has 2 aromatic rings. The second kappa shape index (κ2) is 6.51. The first-order chi connectivity index (χ1) is 9.95. The normalized spacial score (nSPS) is 10.2. The van der Waals surface area contributed by atoms with E-state index >= 15 is 0 Å². The highest BCUT2D eigenvalue weighted by Crippen LogP contribution is 2.20. The molecule has 2 rings (SSSR count). The van der Waals surface area contributed by atoms with Crippen molar-refractivity contribution in [3.8, 4) is 0 Å². The van der Waals surface area contributed by atoms with Crippen LogP contribution in [0.1, 0.15) is 5.01 Å². The minimum Gasteiger partial charge on any atom is -0.480 e. The number of carboxylic acid groups (broad SMARTS) is 1. The van der Waals surface area contributed by atoms with Crippen LogP contribution in [-0.2, 0) is 4.79 Å². The molecule has 0 saturated carbocycles. The minimum absolute atomic E-state index is 0.307. The molecule has 1 heterocycles. The van der Waals surface area contributed by atoms with Gasteiger partial charge >= 0.3 is 12.0 Å². The average molecular weight is 327 g/mol. The maximum Gasteiger partial charge on any atom is 0.328 e. The molecule has 110 valence electrons. The lowest BCUT2D eigenvalue weighted by molar-refractivity contribution is -0.135. The molecule has 1 aromatic carbocycles. The van der Waals surface area contributed by atoms with Crippen LogP contribution < -0.4 is 10.2 Å². The van der Waals surface area contributed by atoms with Gasteiger partial charge in [0.1, 0.15) is 11.6 Å². The molecule has 2 amide bonds. The molecule has 0 aliphatic heterocycles. The van der Waals surface area contributed by atoms with E-state index < -0.39 is 18.5 Å². The van der Waals surface area contributed by atoms with Crippen LogP contribution in [-0.4, -0.2) is 33.8 Å². The van der Waals surface area contributed by atoms with Crippen molar-refractivity contribution in [3.05, 3.63) is 34.3 Å². The van der Waals surface area contributed by atoms with Crippen molar-refractivity contribution in [1.29, 1.82) is 0 Å². The molecule has 0 spiro atoms. The summed E-state index contributed by atoms with van der Waals surface area (Å²) in [6.45, 7) is 1.27.